The van der Waals surface area contributed by atoms with Crippen LogP contribution in [-0.4, -0.2) is 38.6 Å². The Hall–Kier alpha value is -0.610. The molecule has 0 aliphatic carbocycles. The Morgan fingerprint density at radius 1 is 1.60 bits per heavy atom. The van der Waals surface area contributed by atoms with E-state index in [1.807, 2.05) is 4.68 Å². The van der Waals surface area contributed by atoms with Crippen molar-refractivity contribution >= 4 is 11.6 Å². The maximum atomic E-state index is 5.80. The Bertz CT molecular complexity index is 287. The number of alkyl halides is 1. The van der Waals surface area contributed by atoms with Crippen molar-refractivity contribution in [3.8, 4) is 0 Å². The number of aromatic nitrogens is 3. The summed E-state index contributed by atoms with van der Waals surface area (Å²) in [5, 5.41) is 4.19. The lowest BCUT2D eigenvalue weighted by Crippen LogP contribution is -2.31. The predicted molar refractivity (Wildman–Crippen MR) is 62.0 cm³/mol. The summed E-state index contributed by atoms with van der Waals surface area (Å²) in [4.78, 5) is 6.44. The van der Waals surface area contributed by atoms with E-state index >= 15 is 0 Å². The molecule has 1 aromatic rings. The molecule has 0 radical (unpaired) electrons. The zero-order chi connectivity index (χ0) is 11.3. The van der Waals surface area contributed by atoms with E-state index in [9.17, 15) is 0 Å². The number of nitrogens with zero attached hydrogens (tertiary/aromatic N) is 4. The highest BCUT2D eigenvalue weighted by molar-refractivity contribution is 6.18. The molecule has 0 N–H and O–H groups in total. The van der Waals surface area contributed by atoms with Crippen molar-refractivity contribution in [2.75, 3.05) is 12.9 Å². The molecule has 86 valence electrons. The summed E-state index contributed by atoms with van der Waals surface area (Å²) in [6.45, 7) is 5.97. The summed E-state index contributed by atoms with van der Waals surface area (Å²) in [6.07, 6.45) is 2.69. The lowest BCUT2D eigenvalue weighted by molar-refractivity contribution is 0.256. The van der Waals surface area contributed by atoms with E-state index in [1.165, 1.54) is 0 Å². The molecule has 0 fully saturated rings. The number of rotatable bonds is 6. The molecule has 0 amide bonds. The van der Waals surface area contributed by atoms with Crippen LogP contribution in [0.3, 0.4) is 0 Å². The SMILES string of the molecule is CCCn1ncnc1CN(C)C(C)CCl. The summed E-state index contributed by atoms with van der Waals surface area (Å²) in [5.41, 5.74) is 0. The molecular formula is C10H19ClN4. The van der Waals surface area contributed by atoms with Gasteiger partial charge in [0.1, 0.15) is 12.2 Å². The number of hydrogen-bond donors (Lipinski definition) is 0. The Balaban J connectivity index is 2.59. The van der Waals surface area contributed by atoms with E-state index in [2.05, 4.69) is 35.9 Å². The molecule has 1 atom stereocenters. The van der Waals surface area contributed by atoms with Crippen LogP contribution in [0, 0.1) is 0 Å². The van der Waals surface area contributed by atoms with Gasteiger partial charge in [0.25, 0.3) is 0 Å². The van der Waals surface area contributed by atoms with Gasteiger partial charge in [-0.05, 0) is 20.4 Å². The molecule has 1 rings (SSSR count). The zero-order valence-electron chi connectivity index (χ0n) is 9.65. The summed E-state index contributed by atoms with van der Waals surface area (Å²) in [6, 6.07) is 0.360. The first-order valence-electron chi connectivity index (χ1n) is 5.31. The molecule has 1 unspecified atom stereocenters. The fourth-order valence-electron chi connectivity index (χ4n) is 1.31. The topological polar surface area (TPSA) is 34.0 Å². The molecule has 0 spiro atoms. The van der Waals surface area contributed by atoms with Gasteiger partial charge in [-0.3, -0.25) is 4.90 Å². The van der Waals surface area contributed by atoms with E-state index in [0.29, 0.717) is 11.9 Å². The van der Waals surface area contributed by atoms with Gasteiger partial charge in [-0.25, -0.2) is 9.67 Å². The van der Waals surface area contributed by atoms with E-state index in [0.717, 1.165) is 25.3 Å². The van der Waals surface area contributed by atoms with E-state index in [-0.39, 0.29) is 0 Å². The fourth-order valence-corrected chi connectivity index (χ4v) is 1.54. The van der Waals surface area contributed by atoms with Crippen molar-refractivity contribution < 1.29 is 0 Å². The summed E-state index contributed by atoms with van der Waals surface area (Å²) >= 11 is 5.80. The fraction of sp³-hybridized carbons (Fsp3) is 0.800. The average molecular weight is 231 g/mol. The Morgan fingerprint density at radius 3 is 2.93 bits per heavy atom. The van der Waals surface area contributed by atoms with Crippen molar-refractivity contribution in [1.29, 1.82) is 0 Å². The number of hydrogen-bond acceptors (Lipinski definition) is 3. The predicted octanol–water partition coefficient (Wildman–Crippen LogP) is 1.75. The minimum absolute atomic E-state index is 0.360. The van der Waals surface area contributed by atoms with Crippen molar-refractivity contribution in [3.05, 3.63) is 12.2 Å². The van der Waals surface area contributed by atoms with Gasteiger partial charge in [0.15, 0.2) is 0 Å². The summed E-state index contributed by atoms with van der Waals surface area (Å²) in [5.74, 6) is 1.65. The van der Waals surface area contributed by atoms with Crippen LogP contribution >= 0.6 is 11.6 Å². The van der Waals surface area contributed by atoms with Gasteiger partial charge in [-0.2, -0.15) is 5.10 Å². The van der Waals surface area contributed by atoms with E-state index < -0.39 is 0 Å². The maximum Gasteiger partial charge on any atom is 0.141 e. The molecule has 0 aliphatic heterocycles. The first-order valence-corrected chi connectivity index (χ1v) is 5.85. The lowest BCUT2D eigenvalue weighted by Gasteiger charge is -2.22. The number of halogens is 1. The van der Waals surface area contributed by atoms with Crippen molar-refractivity contribution in [1.82, 2.24) is 19.7 Å². The molecule has 0 saturated heterocycles. The molecule has 5 heteroatoms. The monoisotopic (exact) mass is 230 g/mol. The standard InChI is InChI=1S/C10H19ClN4/c1-4-5-15-10(12-8-13-15)7-14(3)9(2)6-11/h8-9H,4-7H2,1-3H3. The highest BCUT2D eigenvalue weighted by Crippen LogP contribution is 2.05. The Labute approximate surface area is 96.2 Å². The smallest absolute Gasteiger partial charge is 0.141 e. The van der Waals surface area contributed by atoms with Gasteiger partial charge in [0.05, 0.1) is 6.54 Å². The number of aryl methyl sites for hydroxylation is 1. The second-order valence-electron chi connectivity index (χ2n) is 3.82. The van der Waals surface area contributed by atoms with Crippen LogP contribution in [0.25, 0.3) is 0 Å². The maximum absolute atomic E-state index is 5.80. The second-order valence-corrected chi connectivity index (χ2v) is 4.13. The van der Waals surface area contributed by atoms with Gasteiger partial charge < -0.3 is 0 Å². The summed E-state index contributed by atoms with van der Waals surface area (Å²) < 4.78 is 1.96. The third-order valence-electron chi connectivity index (χ3n) is 2.50. The minimum Gasteiger partial charge on any atom is -0.295 e. The Kier molecular flexibility index (Phi) is 5.05. The largest absolute Gasteiger partial charge is 0.295 e. The molecule has 0 aliphatic rings. The Morgan fingerprint density at radius 2 is 2.33 bits per heavy atom. The van der Waals surface area contributed by atoms with Gasteiger partial charge in [0.2, 0.25) is 0 Å². The highest BCUT2D eigenvalue weighted by atomic mass is 35.5. The third kappa shape index (κ3) is 3.47. The normalized spacial score (nSPS) is 13.4. The van der Waals surface area contributed by atoms with E-state index in [4.69, 9.17) is 11.6 Å². The van der Waals surface area contributed by atoms with E-state index in [1.54, 1.807) is 6.33 Å². The first kappa shape index (κ1) is 12.5. The molecular weight excluding hydrogens is 212 g/mol. The molecule has 0 saturated carbocycles. The molecule has 0 bridgehead atoms. The van der Waals surface area contributed by atoms with Crippen molar-refractivity contribution in [3.63, 3.8) is 0 Å². The minimum atomic E-state index is 0.360. The van der Waals surface area contributed by atoms with Gasteiger partial charge in [-0.15, -0.1) is 11.6 Å². The molecule has 4 nitrogen and oxygen atoms in total. The third-order valence-corrected chi connectivity index (χ3v) is 2.94. The zero-order valence-corrected chi connectivity index (χ0v) is 10.4. The van der Waals surface area contributed by atoms with Crippen LogP contribution in [0.4, 0.5) is 0 Å². The van der Waals surface area contributed by atoms with Gasteiger partial charge in [0, 0.05) is 18.5 Å². The van der Waals surface area contributed by atoms with Crippen molar-refractivity contribution in [2.45, 2.75) is 39.4 Å². The molecule has 1 heterocycles. The van der Waals surface area contributed by atoms with Crippen LogP contribution in [0.1, 0.15) is 26.1 Å². The molecule has 0 aromatic carbocycles. The second kappa shape index (κ2) is 6.08. The average Bonchev–Trinajstić information content (AvgIpc) is 2.65. The molecule has 15 heavy (non-hydrogen) atoms. The lowest BCUT2D eigenvalue weighted by atomic mass is 10.3. The molecule has 1 aromatic heterocycles. The van der Waals surface area contributed by atoms with Gasteiger partial charge in [-0.1, -0.05) is 6.92 Å². The van der Waals surface area contributed by atoms with Crippen LogP contribution in [-0.2, 0) is 13.1 Å². The van der Waals surface area contributed by atoms with Crippen molar-refractivity contribution in [2.24, 2.45) is 0 Å². The van der Waals surface area contributed by atoms with Crippen LogP contribution in [0.2, 0.25) is 0 Å². The quantitative estimate of drug-likeness (QED) is 0.699. The van der Waals surface area contributed by atoms with Crippen LogP contribution < -0.4 is 0 Å². The summed E-state index contributed by atoms with van der Waals surface area (Å²) in [7, 11) is 2.05. The first-order chi connectivity index (χ1) is 7.19. The highest BCUT2D eigenvalue weighted by Gasteiger charge is 2.11. The van der Waals surface area contributed by atoms with Crippen LogP contribution in [0.5, 0.6) is 0 Å². The van der Waals surface area contributed by atoms with Crippen LogP contribution in [0.15, 0.2) is 6.33 Å². The van der Waals surface area contributed by atoms with Gasteiger partial charge >= 0.3 is 0 Å².